The molecule has 1 aliphatic rings. The largest absolute Gasteiger partial charge is 0.337 e. The Morgan fingerprint density at radius 3 is 2.86 bits per heavy atom. The highest BCUT2D eigenvalue weighted by molar-refractivity contribution is 5.36. The maximum Gasteiger partial charge on any atom is 0.131 e. The van der Waals surface area contributed by atoms with Gasteiger partial charge in [0.15, 0.2) is 0 Å². The fourth-order valence-corrected chi connectivity index (χ4v) is 3.03. The van der Waals surface area contributed by atoms with Crippen LogP contribution in [-0.2, 0) is 13.1 Å². The van der Waals surface area contributed by atoms with E-state index in [-0.39, 0.29) is 6.04 Å². The Morgan fingerprint density at radius 1 is 1.29 bits per heavy atom. The lowest BCUT2D eigenvalue weighted by Gasteiger charge is -2.23. The van der Waals surface area contributed by atoms with Crippen molar-refractivity contribution in [3.63, 3.8) is 0 Å². The lowest BCUT2D eigenvalue weighted by atomic mass is 10.0. The Hall–Kier alpha value is -1.79. The van der Waals surface area contributed by atoms with Crippen LogP contribution in [0.15, 0.2) is 30.9 Å². The molecule has 1 aromatic carbocycles. The topological polar surface area (TPSA) is 47.1 Å². The number of nitrogens with two attached hydrogens (primary N) is 1. The van der Waals surface area contributed by atoms with E-state index >= 15 is 0 Å². The first-order valence-corrected chi connectivity index (χ1v) is 7.06. The second-order valence-electron chi connectivity index (χ2n) is 5.34. The number of halogens is 2. The van der Waals surface area contributed by atoms with Crippen LogP contribution in [-0.4, -0.2) is 27.5 Å². The summed E-state index contributed by atoms with van der Waals surface area (Å²) in [5.74, 6) is -1.01. The van der Waals surface area contributed by atoms with Gasteiger partial charge in [-0.2, -0.15) is 0 Å². The third kappa shape index (κ3) is 2.82. The first-order chi connectivity index (χ1) is 10.2. The number of imidazole rings is 1. The second kappa shape index (κ2) is 5.91. The van der Waals surface area contributed by atoms with E-state index in [4.69, 9.17) is 5.73 Å². The van der Waals surface area contributed by atoms with Crippen molar-refractivity contribution >= 4 is 0 Å². The summed E-state index contributed by atoms with van der Waals surface area (Å²) in [6.07, 6.45) is 6.33. The van der Waals surface area contributed by atoms with Gasteiger partial charge in [-0.05, 0) is 18.1 Å². The fourth-order valence-electron chi connectivity index (χ4n) is 3.03. The fraction of sp³-hybridized carbons (Fsp3) is 0.400. The van der Waals surface area contributed by atoms with E-state index in [1.165, 1.54) is 6.07 Å². The van der Waals surface area contributed by atoms with Gasteiger partial charge < -0.3 is 10.3 Å². The SMILES string of the molecule is NCC1c2c(F)cc(F)cc2CN1CCCn1ccnc1. The van der Waals surface area contributed by atoms with Crippen LogP contribution in [0.2, 0.25) is 0 Å². The highest BCUT2D eigenvalue weighted by Crippen LogP contribution is 2.35. The van der Waals surface area contributed by atoms with Gasteiger partial charge in [0.05, 0.1) is 12.4 Å². The van der Waals surface area contributed by atoms with E-state index in [0.717, 1.165) is 25.6 Å². The molecule has 1 atom stereocenters. The number of aromatic nitrogens is 2. The van der Waals surface area contributed by atoms with E-state index in [9.17, 15) is 8.78 Å². The lowest BCUT2D eigenvalue weighted by Crippen LogP contribution is -2.29. The van der Waals surface area contributed by atoms with Crippen LogP contribution in [0.4, 0.5) is 8.78 Å². The zero-order valence-electron chi connectivity index (χ0n) is 11.7. The summed E-state index contributed by atoms with van der Waals surface area (Å²) in [7, 11) is 0. The predicted octanol–water partition coefficient (Wildman–Crippen LogP) is 2.07. The monoisotopic (exact) mass is 292 g/mol. The minimum absolute atomic E-state index is 0.164. The van der Waals surface area contributed by atoms with Crippen molar-refractivity contribution in [1.82, 2.24) is 14.5 Å². The van der Waals surface area contributed by atoms with Gasteiger partial charge >= 0.3 is 0 Å². The van der Waals surface area contributed by atoms with Crippen LogP contribution >= 0.6 is 0 Å². The molecule has 0 fully saturated rings. The Bertz CT molecular complexity index is 612. The molecule has 2 N–H and O–H groups in total. The molecule has 6 heteroatoms. The maximum absolute atomic E-state index is 14.0. The highest BCUT2D eigenvalue weighted by atomic mass is 19.1. The molecular formula is C15H18F2N4. The van der Waals surface area contributed by atoms with Crippen LogP contribution in [0.1, 0.15) is 23.6 Å². The lowest BCUT2D eigenvalue weighted by molar-refractivity contribution is 0.211. The van der Waals surface area contributed by atoms with Crippen molar-refractivity contribution in [3.8, 4) is 0 Å². The molecule has 112 valence electrons. The van der Waals surface area contributed by atoms with Gasteiger partial charge in [-0.3, -0.25) is 4.90 Å². The number of hydrogen-bond donors (Lipinski definition) is 1. The average Bonchev–Trinajstić information content (AvgIpc) is 3.05. The van der Waals surface area contributed by atoms with Crippen LogP contribution in [0.5, 0.6) is 0 Å². The molecule has 1 unspecified atom stereocenters. The summed E-state index contributed by atoms with van der Waals surface area (Å²) in [6.45, 7) is 2.52. The van der Waals surface area contributed by atoms with Gasteiger partial charge in [0, 0.05) is 50.2 Å². The Kier molecular flexibility index (Phi) is 3.98. The molecule has 0 saturated carbocycles. The van der Waals surface area contributed by atoms with Crippen LogP contribution in [0.3, 0.4) is 0 Å². The molecule has 21 heavy (non-hydrogen) atoms. The molecule has 0 radical (unpaired) electrons. The summed E-state index contributed by atoms with van der Waals surface area (Å²) < 4.78 is 29.3. The molecule has 0 spiro atoms. The molecule has 4 nitrogen and oxygen atoms in total. The number of hydrogen-bond acceptors (Lipinski definition) is 3. The van der Waals surface area contributed by atoms with E-state index in [0.29, 0.717) is 24.2 Å². The second-order valence-corrected chi connectivity index (χ2v) is 5.34. The van der Waals surface area contributed by atoms with Gasteiger partial charge in [-0.1, -0.05) is 0 Å². The summed E-state index contributed by atoms with van der Waals surface area (Å²) in [6, 6.07) is 2.19. The molecule has 1 aliphatic heterocycles. The molecular weight excluding hydrogens is 274 g/mol. The summed E-state index contributed by atoms with van der Waals surface area (Å²) in [5, 5.41) is 0. The summed E-state index contributed by atoms with van der Waals surface area (Å²) in [4.78, 5) is 6.11. The molecule has 2 aromatic rings. The van der Waals surface area contributed by atoms with Crippen LogP contribution in [0.25, 0.3) is 0 Å². The number of aryl methyl sites for hydroxylation is 1. The van der Waals surface area contributed by atoms with Crippen molar-refractivity contribution in [2.45, 2.75) is 25.6 Å². The quantitative estimate of drug-likeness (QED) is 0.917. The first kappa shape index (κ1) is 14.2. The smallest absolute Gasteiger partial charge is 0.131 e. The zero-order chi connectivity index (χ0) is 14.8. The molecule has 1 aromatic heterocycles. The van der Waals surface area contributed by atoms with E-state index in [2.05, 4.69) is 9.88 Å². The van der Waals surface area contributed by atoms with E-state index in [1.54, 1.807) is 12.5 Å². The standard InChI is InChI=1S/C15H18F2N4/c16-12-6-11-9-21(4-1-3-20-5-2-19-10-20)14(8-18)15(11)13(17)7-12/h2,5-7,10,14H,1,3-4,8-9,18H2. The molecule has 0 aliphatic carbocycles. The molecule has 0 saturated heterocycles. The highest BCUT2D eigenvalue weighted by Gasteiger charge is 2.32. The average molecular weight is 292 g/mol. The predicted molar refractivity (Wildman–Crippen MR) is 75.4 cm³/mol. The van der Waals surface area contributed by atoms with Crippen molar-refractivity contribution in [3.05, 3.63) is 53.6 Å². The number of rotatable bonds is 5. The number of nitrogens with zero attached hydrogens (tertiary/aromatic N) is 3. The van der Waals surface area contributed by atoms with Gasteiger partial charge in [0.1, 0.15) is 11.6 Å². The van der Waals surface area contributed by atoms with Gasteiger partial charge in [-0.15, -0.1) is 0 Å². The molecule has 0 amide bonds. The van der Waals surface area contributed by atoms with E-state index < -0.39 is 11.6 Å². The van der Waals surface area contributed by atoms with Crippen LogP contribution in [0, 0.1) is 11.6 Å². The Morgan fingerprint density at radius 2 is 2.14 bits per heavy atom. The van der Waals surface area contributed by atoms with Crippen molar-refractivity contribution in [2.24, 2.45) is 5.73 Å². The number of benzene rings is 1. The summed E-state index contributed by atoms with van der Waals surface area (Å²) in [5.41, 5.74) is 7.07. The third-order valence-electron chi connectivity index (χ3n) is 3.97. The number of fused-ring (bicyclic) bond motifs is 1. The summed E-state index contributed by atoms with van der Waals surface area (Å²) >= 11 is 0. The normalized spacial score (nSPS) is 18.1. The van der Waals surface area contributed by atoms with Crippen molar-refractivity contribution < 1.29 is 8.78 Å². The third-order valence-corrected chi connectivity index (χ3v) is 3.97. The zero-order valence-corrected chi connectivity index (χ0v) is 11.7. The Balaban J connectivity index is 1.69. The first-order valence-electron chi connectivity index (χ1n) is 7.06. The minimum Gasteiger partial charge on any atom is -0.337 e. The van der Waals surface area contributed by atoms with E-state index in [1.807, 2.05) is 10.8 Å². The maximum atomic E-state index is 14.0. The van der Waals surface area contributed by atoms with Gasteiger partial charge in [0.25, 0.3) is 0 Å². The Labute approximate surface area is 122 Å². The minimum atomic E-state index is -0.526. The van der Waals surface area contributed by atoms with Crippen LogP contribution < -0.4 is 5.73 Å². The molecule has 3 rings (SSSR count). The molecule has 0 bridgehead atoms. The van der Waals surface area contributed by atoms with Crippen molar-refractivity contribution in [1.29, 1.82) is 0 Å². The van der Waals surface area contributed by atoms with Gasteiger partial charge in [-0.25, -0.2) is 13.8 Å². The van der Waals surface area contributed by atoms with Gasteiger partial charge in [0.2, 0.25) is 0 Å². The molecule has 2 heterocycles. The van der Waals surface area contributed by atoms with Crippen molar-refractivity contribution in [2.75, 3.05) is 13.1 Å².